The van der Waals surface area contributed by atoms with Crippen molar-refractivity contribution < 1.29 is 13.9 Å². The highest BCUT2D eigenvalue weighted by Gasteiger charge is 2.26. The highest BCUT2D eigenvalue weighted by molar-refractivity contribution is 5.91. The standard InChI is InChI=1S/C21H25NO3/c1-3-8-17-10-4-5-11-19(17)24-15-18-12-13-20(25-18)21(23)22-14-7-6-9-16(22)2/h3-5,10-13,16H,1,6-9,14-15H2,2H3. The van der Waals surface area contributed by atoms with E-state index < -0.39 is 0 Å². The van der Waals surface area contributed by atoms with E-state index in [4.69, 9.17) is 9.15 Å². The van der Waals surface area contributed by atoms with Crippen LogP contribution in [0.25, 0.3) is 0 Å². The molecule has 1 unspecified atom stereocenters. The van der Waals surface area contributed by atoms with Crippen molar-refractivity contribution in [3.05, 3.63) is 66.1 Å². The molecule has 1 aliphatic heterocycles. The quantitative estimate of drug-likeness (QED) is 0.722. The van der Waals surface area contributed by atoms with Crippen molar-refractivity contribution in [1.82, 2.24) is 4.90 Å². The molecule has 4 nitrogen and oxygen atoms in total. The van der Waals surface area contributed by atoms with Crippen LogP contribution in [-0.2, 0) is 13.0 Å². The van der Waals surface area contributed by atoms with E-state index in [9.17, 15) is 4.79 Å². The predicted molar refractivity (Wildman–Crippen MR) is 97.7 cm³/mol. The third-order valence-corrected chi connectivity index (χ3v) is 4.64. The summed E-state index contributed by atoms with van der Waals surface area (Å²) in [5, 5.41) is 0. The number of allylic oxidation sites excluding steroid dienone is 1. The first-order chi connectivity index (χ1) is 12.2. The second kappa shape index (κ2) is 8.06. The zero-order valence-corrected chi connectivity index (χ0v) is 14.7. The van der Waals surface area contributed by atoms with Crippen molar-refractivity contribution in [2.45, 2.75) is 45.3 Å². The molecule has 0 radical (unpaired) electrons. The number of ether oxygens (including phenoxy) is 1. The Hall–Kier alpha value is -2.49. The van der Waals surface area contributed by atoms with Crippen molar-refractivity contribution in [3.8, 4) is 5.75 Å². The molecule has 1 aromatic heterocycles. The molecule has 0 saturated carbocycles. The van der Waals surface area contributed by atoms with Crippen LogP contribution in [0.15, 0.2) is 53.5 Å². The monoisotopic (exact) mass is 339 g/mol. The van der Waals surface area contributed by atoms with Gasteiger partial charge in [0.1, 0.15) is 18.1 Å². The Kier molecular flexibility index (Phi) is 5.59. The first-order valence-electron chi connectivity index (χ1n) is 8.90. The number of amides is 1. The molecule has 2 heterocycles. The lowest BCUT2D eigenvalue weighted by molar-refractivity contribution is 0.0599. The number of rotatable bonds is 6. The topological polar surface area (TPSA) is 42.7 Å². The van der Waals surface area contributed by atoms with Gasteiger partial charge >= 0.3 is 0 Å². The molecule has 1 aliphatic rings. The Bertz CT molecular complexity index is 734. The molecular formula is C21H25NO3. The lowest BCUT2D eigenvalue weighted by atomic mass is 10.0. The highest BCUT2D eigenvalue weighted by atomic mass is 16.5. The largest absolute Gasteiger partial charge is 0.485 e. The summed E-state index contributed by atoms with van der Waals surface area (Å²) in [6.45, 7) is 6.98. The fourth-order valence-corrected chi connectivity index (χ4v) is 3.23. The number of piperidine rings is 1. The van der Waals surface area contributed by atoms with E-state index in [0.29, 0.717) is 18.1 Å². The van der Waals surface area contributed by atoms with Crippen LogP contribution in [0.4, 0.5) is 0 Å². The number of likely N-dealkylation sites (tertiary alicyclic amines) is 1. The summed E-state index contributed by atoms with van der Waals surface area (Å²) in [4.78, 5) is 14.5. The molecule has 0 aliphatic carbocycles. The Balaban J connectivity index is 1.64. The van der Waals surface area contributed by atoms with Crippen LogP contribution in [-0.4, -0.2) is 23.4 Å². The van der Waals surface area contributed by atoms with Crippen LogP contribution in [0.2, 0.25) is 0 Å². The lowest BCUT2D eigenvalue weighted by Crippen LogP contribution is -2.41. The first-order valence-corrected chi connectivity index (χ1v) is 8.90. The fraction of sp³-hybridized carbons (Fsp3) is 0.381. The van der Waals surface area contributed by atoms with Crippen LogP contribution in [0.3, 0.4) is 0 Å². The molecule has 3 rings (SSSR count). The van der Waals surface area contributed by atoms with E-state index in [2.05, 4.69) is 13.5 Å². The van der Waals surface area contributed by atoms with Gasteiger partial charge in [0.15, 0.2) is 5.76 Å². The molecule has 1 fully saturated rings. The molecule has 25 heavy (non-hydrogen) atoms. The smallest absolute Gasteiger partial charge is 0.289 e. The molecule has 1 atom stereocenters. The van der Waals surface area contributed by atoms with Gasteiger partial charge in [-0.3, -0.25) is 4.79 Å². The average Bonchev–Trinajstić information content (AvgIpc) is 3.10. The SMILES string of the molecule is C=CCc1ccccc1OCc1ccc(C(=O)N2CCCCC2C)o1. The maximum atomic E-state index is 12.6. The number of nitrogens with zero attached hydrogens (tertiary/aromatic N) is 1. The van der Waals surface area contributed by atoms with Gasteiger partial charge in [0.05, 0.1) is 0 Å². The van der Waals surface area contributed by atoms with Crippen molar-refractivity contribution in [2.24, 2.45) is 0 Å². The number of carbonyl (C=O) groups excluding carboxylic acids is 1. The molecule has 132 valence electrons. The van der Waals surface area contributed by atoms with Crippen LogP contribution >= 0.6 is 0 Å². The molecule has 1 amide bonds. The Morgan fingerprint density at radius 2 is 2.16 bits per heavy atom. The van der Waals surface area contributed by atoms with Crippen LogP contribution in [0, 0.1) is 0 Å². The molecule has 2 aromatic rings. The Morgan fingerprint density at radius 3 is 2.96 bits per heavy atom. The molecule has 0 spiro atoms. The predicted octanol–water partition coefficient (Wildman–Crippen LogP) is 4.60. The molecule has 0 bridgehead atoms. The zero-order valence-electron chi connectivity index (χ0n) is 14.7. The highest BCUT2D eigenvalue weighted by Crippen LogP contribution is 2.23. The van der Waals surface area contributed by atoms with E-state index >= 15 is 0 Å². The van der Waals surface area contributed by atoms with E-state index in [-0.39, 0.29) is 11.9 Å². The minimum Gasteiger partial charge on any atom is -0.485 e. The van der Waals surface area contributed by atoms with E-state index in [1.54, 1.807) is 6.07 Å². The van der Waals surface area contributed by atoms with E-state index in [1.807, 2.05) is 41.3 Å². The minimum absolute atomic E-state index is 0.0227. The summed E-state index contributed by atoms with van der Waals surface area (Å²) < 4.78 is 11.6. The normalized spacial score (nSPS) is 17.3. The molecule has 0 N–H and O–H groups in total. The third-order valence-electron chi connectivity index (χ3n) is 4.64. The van der Waals surface area contributed by atoms with Gasteiger partial charge in [-0.2, -0.15) is 0 Å². The number of hydrogen-bond donors (Lipinski definition) is 0. The second-order valence-electron chi connectivity index (χ2n) is 6.50. The first kappa shape index (κ1) is 17.3. The van der Waals surface area contributed by atoms with E-state index in [1.165, 1.54) is 6.42 Å². The number of furan rings is 1. The Labute approximate surface area is 149 Å². The van der Waals surface area contributed by atoms with Crippen molar-refractivity contribution in [3.63, 3.8) is 0 Å². The average molecular weight is 339 g/mol. The summed E-state index contributed by atoms with van der Waals surface area (Å²) in [5.74, 6) is 1.84. The van der Waals surface area contributed by atoms with Crippen LogP contribution < -0.4 is 4.74 Å². The minimum atomic E-state index is -0.0227. The summed E-state index contributed by atoms with van der Waals surface area (Å²) in [5.41, 5.74) is 1.09. The van der Waals surface area contributed by atoms with Gasteiger partial charge in [-0.15, -0.1) is 6.58 Å². The van der Waals surface area contributed by atoms with E-state index in [0.717, 1.165) is 37.1 Å². The van der Waals surface area contributed by atoms with Crippen molar-refractivity contribution in [1.29, 1.82) is 0 Å². The molecule has 4 heteroatoms. The lowest BCUT2D eigenvalue weighted by Gasteiger charge is -2.32. The molecule has 1 saturated heterocycles. The summed E-state index contributed by atoms with van der Waals surface area (Å²) >= 11 is 0. The van der Waals surface area contributed by atoms with Crippen LogP contribution in [0.5, 0.6) is 5.75 Å². The van der Waals surface area contributed by atoms with Gasteiger partial charge in [0, 0.05) is 12.6 Å². The third kappa shape index (κ3) is 4.13. The molecular weight excluding hydrogens is 314 g/mol. The van der Waals surface area contributed by atoms with Gasteiger partial charge in [-0.1, -0.05) is 24.3 Å². The molecule has 1 aromatic carbocycles. The summed E-state index contributed by atoms with van der Waals surface area (Å²) in [7, 11) is 0. The van der Waals surface area contributed by atoms with Gasteiger partial charge < -0.3 is 14.1 Å². The fourth-order valence-electron chi connectivity index (χ4n) is 3.23. The van der Waals surface area contributed by atoms with Gasteiger partial charge in [-0.05, 0) is 56.4 Å². The number of benzene rings is 1. The number of para-hydroxylation sites is 1. The van der Waals surface area contributed by atoms with Crippen molar-refractivity contribution in [2.75, 3.05) is 6.54 Å². The van der Waals surface area contributed by atoms with Crippen LogP contribution in [0.1, 0.15) is 48.1 Å². The van der Waals surface area contributed by atoms with Gasteiger partial charge in [0.2, 0.25) is 0 Å². The summed E-state index contributed by atoms with van der Waals surface area (Å²) in [6, 6.07) is 11.7. The summed E-state index contributed by atoms with van der Waals surface area (Å²) in [6.07, 6.45) is 5.91. The number of carbonyl (C=O) groups is 1. The Morgan fingerprint density at radius 1 is 1.32 bits per heavy atom. The van der Waals surface area contributed by atoms with Gasteiger partial charge in [-0.25, -0.2) is 0 Å². The number of hydrogen-bond acceptors (Lipinski definition) is 3. The maximum Gasteiger partial charge on any atom is 0.289 e. The van der Waals surface area contributed by atoms with Gasteiger partial charge in [0.25, 0.3) is 5.91 Å². The maximum absolute atomic E-state index is 12.6. The zero-order chi connectivity index (χ0) is 17.6. The van der Waals surface area contributed by atoms with Crippen molar-refractivity contribution >= 4 is 5.91 Å². The second-order valence-corrected chi connectivity index (χ2v) is 6.50.